The summed E-state index contributed by atoms with van der Waals surface area (Å²) in [6.45, 7) is 3.50. The minimum atomic E-state index is -0.340. The van der Waals surface area contributed by atoms with Crippen molar-refractivity contribution in [1.29, 1.82) is 0 Å². The fourth-order valence-electron chi connectivity index (χ4n) is 3.60. The predicted molar refractivity (Wildman–Crippen MR) is 92.5 cm³/mol. The van der Waals surface area contributed by atoms with Gasteiger partial charge in [-0.1, -0.05) is 19.1 Å². The third-order valence-electron chi connectivity index (χ3n) is 4.79. The number of fused-ring (bicyclic) bond motifs is 1. The topological polar surface area (TPSA) is 53.9 Å². The summed E-state index contributed by atoms with van der Waals surface area (Å²) >= 11 is 0. The number of benzene rings is 1. The van der Waals surface area contributed by atoms with E-state index in [0.29, 0.717) is 23.4 Å². The van der Waals surface area contributed by atoms with Crippen molar-refractivity contribution in [2.45, 2.75) is 25.9 Å². The molecule has 2 aromatic heterocycles. The molecule has 0 radical (unpaired) electrons. The molecule has 1 aliphatic heterocycles. The summed E-state index contributed by atoms with van der Waals surface area (Å²) in [6.07, 6.45) is 4.42. The van der Waals surface area contributed by atoms with Gasteiger partial charge in [0.05, 0.1) is 23.5 Å². The van der Waals surface area contributed by atoms with Gasteiger partial charge in [-0.2, -0.15) is 5.10 Å². The molecule has 4 rings (SSSR count). The Labute approximate surface area is 145 Å². The van der Waals surface area contributed by atoms with Crippen molar-refractivity contribution in [2.75, 3.05) is 6.54 Å². The van der Waals surface area contributed by atoms with Crippen LogP contribution in [0.2, 0.25) is 0 Å². The van der Waals surface area contributed by atoms with Crippen LogP contribution in [0, 0.1) is 5.82 Å². The van der Waals surface area contributed by atoms with Crippen LogP contribution in [0.3, 0.4) is 0 Å². The standard InChI is InChI=1S/C19H19FN4O/c1-2-16-17-7-4-8-23(17)9-10-24(16)19(25)15-12-21-22-18(15)13-5-3-6-14(20)11-13/h3-8,11-12,16H,2,9-10H2,1H3,(H,21,22)/t16-/m0/s1. The summed E-state index contributed by atoms with van der Waals surface area (Å²) in [5.41, 5.74) is 2.80. The summed E-state index contributed by atoms with van der Waals surface area (Å²) in [5, 5.41) is 6.88. The van der Waals surface area contributed by atoms with E-state index in [2.05, 4.69) is 34.0 Å². The van der Waals surface area contributed by atoms with Gasteiger partial charge in [0, 0.05) is 30.5 Å². The van der Waals surface area contributed by atoms with Crippen LogP contribution >= 0.6 is 0 Å². The molecule has 3 heterocycles. The molecule has 0 aliphatic carbocycles. The van der Waals surface area contributed by atoms with Crippen LogP contribution in [0.5, 0.6) is 0 Å². The van der Waals surface area contributed by atoms with Crippen LogP contribution in [0.1, 0.15) is 35.4 Å². The Hall–Kier alpha value is -2.89. The Balaban J connectivity index is 1.70. The lowest BCUT2D eigenvalue weighted by Crippen LogP contribution is -2.41. The van der Waals surface area contributed by atoms with E-state index < -0.39 is 0 Å². The van der Waals surface area contributed by atoms with Gasteiger partial charge in [0.1, 0.15) is 5.82 Å². The van der Waals surface area contributed by atoms with E-state index >= 15 is 0 Å². The highest BCUT2D eigenvalue weighted by Crippen LogP contribution is 2.32. The average molecular weight is 338 g/mol. The number of halogens is 1. The normalized spacial score (nSPS) is 16.7. The molecule has 6 heteroatoms. The van der Waals surface area contributed by atoms with Crippen molar-refractivity contribution in [3.63, 3.8) is 0 Å². The second-order valence-corrected chi connectivity index (χ2v) is 6.22. The van der Waals surface area contributed by atoms with Gasteiger partial charge in [-0.25, -0.2) is 4.39 Å². The zero-order valence-corrected chi connectivity index (χ0v) is 13.9. The van der Waals surface area contributed by atoms with Crippen molar-refractivity contribution < 1.29 is 9.18 Å². The molecule has 3 aromatic rings. The van der Waals surface area contributed by atoms with Crippen molar-refractivity contribution in [3.8, 4) is 11.3 Å². The SMILES string of the molecule is CC[C@H]1c2cccn2CCN1C(=O)c1cn[nH]c1-c1cccc(F)c1. The number of carbonyl (C=O) groups excluding carboxylic acids is 1. The Morgan fingerprint density at radius 1 is 1.32 bits per heavy atom. The molecule has 1 aliphatic rings. The first kappa shape index (κ1) is 15.6. The Bertz CT molecular complexity index is 914. The van der Waals surface area contributed by atoms with E-state index in [1.807, 2.05) is 11.0 Å². The lowest BCUT2D eigenvalue weighted by Gasteiger charge is -2.36. The van der Waals surface area contributed by atoms with Crippen molar-refractivity contribution in [2.24, 2.45) is 0 Å². The first-order valence-electron chi connectivity index (χ1n) is 8.44. The second kappa shape index (κ2) is 6.20. The number of carbonyl (C=O) groups is 1. The van der Waals surface area contributed by atoms with E-state index in [-0.39, 0.29) is 17.8 Å². The minimum absolute atomic E-state index is 0.0338. The maximum Gasteiger partial charge on any atom is 0.258 e. The van der Waals surface area contributed by atoms with Crippen LogP contribution in [-0.4, -0.2) is 32.1 Å². The van der Waals surface area contributed by atoms with E-state index in [0.717, 1.165) is 18.7 Å². The highest BCUT2D eigenvalue weighted by molar-refractivity contribution is 6.00. The van der Waals surface area contributed by atoms with Crippen LogP contribution in [-0.2, 0) is 6.54 Å². The Kier molecular flexibility index (Phi) is 3.87. The largest absolute Gasteiger partial charge is 0.348 e. The molecular weight excluding hydrogens is 319 g/mol. The number of nitrogens with zero attached hydrogens (tertiary/aromatic N) is 3. The number of hydrogen-bond acceptors (Lipinski definition) is 2. The predicted octanol–water partition coefficient (Wildman–Crippen LogP) is 3.62. The van der Waals surface area contributed by atoms with Crippen molar-refractivity contribution in [1.82, 2.24) is 19.7 Å². The number of nitrogens with one attached hydrogen (secondary N) is 1. The van der Waals surface area contributed by atoms with Gasteiger partial charge in [-0.15, -0.1) is 0 Å². The van der Waals surface area contributed by atoms with Crippen LogP contribution < -0.4 is 0 Å². The lowest BCUT2D eigenvalue weighted by molar-refractivity contribution is 0.0618. The van der Waals surface area contributed by atoms with Gasteiger partial charge in [-0.3, -0.25) is 9.89 Å². The van der Waals surface area contributed by atoms with E-state index in [1.165, 1.54) is 18.3 Å². The molecule has 0 bridgehead atoms. The molecule has 0 saturated heterocycles. The van der Waals surface area contributed by atoms with Crippen LogP contribution in [0.4, 0.5) is 4.39 Å². The Morgan fingerprint density at radius 2 is 2.20 bits per heavy atom. The number of aromatic nitrogens is 3. The smallest absolute Gasteiger partial charge is 0.258 e. The van der Waals surface area contributed by atoms with E-state index in [9.17, 15) is 9.18 Å². The zero-order chi connectivity index (χ0) is 17.4. The fourth-order valence-corrected chi connectivity index (χ4v) is 3.60. The molecular formula is C19H19FN4O. The van der Waals surface area contributed by atoms with Gasteiger partial charge in [0.2, 0.25) is 0 Å². The maximum absolute atomic E-state index is 13.6. The molecule has 0 spiro atoms. The summed E-state index contributed by atoms with van der Waals surface area (Å²) in [4.78, 5) is 15.1. The summed E-state index contributed by atoms with van der Waals surface area (Å²) in [5.74, 6) is -0.417. The van der Waals surface area contributed by atoms with E-state index in [1.54, 1.807) is 12.1 Å². The molecule has 1 N–H and O–H groups in total. The minimum Gasteiger partial charge on any atom is -0.348 e. The molecule has 1 atom stereocenters. The number of aromatic amines is 1. The van der Waals surface area contributed by atoms with Crippen molar-refractivity contribution >= 4 is 5.91 Å². The van der Waals surface area contributed by atoms with E-state index in [4.69, 9.17) is 0 Å². The number of hydrogen-bond donors (Lipinski definition) is 1. The molecule has 128 valence electrons. The molecule has 25 heavy (non-hydrogen) atoms. The second-order valence-electron chi connectivity index (χ2n) is 6.22. The highest BCUT2D eigenvalue weighted by atomic mass is 19.1. The number of rotatable bonds is 3. The summed E-state index contributed by atoms with van der Waals surface area (Å²) in [7, 11) is 0. The summed E-state index contributed by atoms with van der Waals surface area (Å²) in [6, 6.07) is 10.3. The number of H-pyrrole nitrogens is 1. The zero-order valence-electron chi connectivity index (χ0n) is 13.9. The average Bonchev–Trinajstić information content (AvgIpc) is 3.29. The van der Waals surface area contributed by atoms with Gasteiger partial charge < -0.3 is 9.47 Å². The lowest BCUT2D eigenvalue weighted by atomic mass is 10.0. The van der Waals surface area contributed by atoms with Gasteiger partial charge in [0.25, 0.3) is 5.91 Å². The molecule has 1 aromatic carbocycles. The number of amides is 1. The molecule has 0 unspecified atom stereocenters. The monoisotopic (exact) mass is 338 g/mol. The fraction of sp³-hybridized carbons (Fsp3) is 0.263. The van der Waals surface area contributed by atoms with Gasteiger partial charge in [0.15, 0.2) is 0 Å². The first-order valence-corrected chi connectivity index (χ1v) is 8.44. The molecule has 1 amide bonds. The molecule has 0 fully saturated rings. The third kappa shape index (κ3) is 2.63. The third-order valence-corrected chi connectivity index (χ3v) is 4.79. The van der Waals surface area contributed by atoms with Crippen molar-refractivity contribution in [3.05, 3.63) is 65.9 Å². The molecule has 5 nitrogen and oxygen atoms in total. The van der Waals surface area contributed by atoms with Crippen LogP contribution in [0.25, 0.3) is 11.3 Å². The van der Waals surface area contributed by atoms with Crippen LogP contribution in [0.15, 0.2) is 48.8 Å². The highest BCUT2D eigenvalue weighted by Gasteiger charge is 2.31. The van der Waals surface area contributed by atoms with Gasteiger partial charge in [-0.05, 0) is 30.7 Å². The van der Waals surface area contributed by atoms with Gasteiger partial charge >= 0.3 is 0 Å². The Morgan fingerprint density at radius 3 is 3.00 bits per heavy atom. The molecule has 0 saturated carbocycles. The maximum atomic E-state index is 13.6. The summed E-state index contributed by atoms with van der Waals surface area (Å²) < 4.78 is 15.8. The quantitative estimate of drug-likeness (QED) is 0.793. The first-order chi connectivity index (χ1) is 12.2.